The van der Waals surface area contributed by atoms with Crippen molar-refractivity contribution < 1.29 is 17.6 Å². The van der Waals surface area contributed by atoms with E-state index in [-0.39, 0.29) is 29.3 Å². The first kappa shape index (κ1) is 20.3. The Morgan fingerprint density at radius 3 is 2.40 bits per heavy atom. The number of hydrogen-bond acceptors (Lipinski definition) is 4. The number of hydrogen-bond donors (Lipinski definition) is 0. The van der Waals surface area contributed by atoms with Gasteiger partial charge in [0.2, 0.25) is 0 Å². The van der Waals surface area contributed by atoms with Crippen molar-refractivity contribution in [2.45, 2.75) is 19.4 Å². The van der Waals surface area contributed by atoms with E-state index >= 15 is 0 Å². The first-order chi connectivity index (χ1) is 14.2. The predicted molar refractivity (Wildman–Crippen MR) is 113 cm³/mol. The molecule has 30 heavy (non-hydrogen) atoms. The highest BCUT2D eigenvalue weighted by Gasteiger charge is 2.34. The van der Waals surface area contributed by atoms with E-state index in [0.717, 1.165) is 11.1 Å². The average Bonchev–Trinajstić information content (AvgIpc) is 3.31. The lowest BCUT2D eigenvalue weighted by Gasteiger charge is -2.23. The SMILES string of the molecule is Cc1ccc(-c2nn(-c3ccc(F)cc3)cc2C(=O)N(C)C2CCS(=O)(=O)C2)cc1. The fraction of sp³-hybridized carbons (Fsp3) is 0.273. The van der Waals surface area contributed by atoms with Crippen molar-refractivity contribution >= 4 is 15.7 Å². The van der Waals surface area contributed by atoms with E-state index in [9.17, 15) is 17.6 Å². The fourth-order valence-corrected chi connectivity index (χ4v) is 5.39. The number of carbonyl (C=O) groups excluding carboxylic acids is 1. The average molecular weight is 428 g/mol. The van der Waals surface area contributed by atoms with Gasteiger partial charge in [0.05, 0.1) is 22.8 Å². The molecule has 1 aromatic heterocycles. The molecule has 1 aliphatic rings. The summed E-state index contributed by atoms with van der Waals surface area (Å²) >= 11 is 0. The van der Waals surface area contributed by atoms with Gasteiger partial charge in [-0.05, 0) is 37.6 Å². The lowest BCUT2D eigenvalue weighted by molar-refractivity contribution is 0.0748. The van der Waals surface area contributed by atoms with Crippen LogP contribution in [-0.2, 0) is 9.84 Å². The normalized spacial score (nSPS) is 17.8. The van der Waals surface area contributed by atoms with Gasteiger partial charge in [0.1, 0.15) is 11.5 Å². The fourth-order valence-electron chi connectivity index (χ4n) is 3.62. The van der Waals surface area contributed by atoms with E-state index < -0.39 is 9.84 Å². The highest BCUT2D eigenvalue weighted by atomic mass is 32.2. The van der Waals surface area contributed by atoms with Gasteiger partial charge in [0.15, 0.2) is 9.84 Å². The Hall–Kier alpha value is -3.00. The summed E-state index contributed by atoms with van der Waals surface area (Å²) in [7, 11) is -1.49. The number of amides is 1. The zero-order valence-electron chi connectivity index (χ0n) is 16.7. The summed E-state index contributed by atoms with van der Waals surface area (Å²) in [4.78, 5) is 14.8. The molecule has 1 aliphatic heterocycles. The third-order valence-corrected chi connectivity index (χ3v) is 7.19. The Morgan fingerprint density at radius 2 is 1.80 bits per heavy atom. The van der Waals surface area contributed by atoms with Crippen LogP contribution in [0.1, 0.15) is 22.3 Å². The number of halogens is 1. The van der Waals surface area contributed by atoms with Gasteiger partial charge >= 0.3 is 0 Å². The summed E-state index contributed by atoms with van der Waals surface area (Å²) in [5, 5.41) is 4.60. The van der Waals surface area contributed by atoms with Crippen LogP contribution in [0.2, 0.25) is 0 Å². The molecule has 1 atom stereocenters. The van der Waals surface area contributed by atoms with Crippen LogP contribution in [0.5, 0.6) is 0 Å². The van der Waals surface area contributed by atoms with E-state index in [1.54, 1.807) is 30.1 Å². The topological polar surface area (TPSA) is 72.3 Å². The molecule has 1 saturated heterocycles. The predicted octanol–water partition coefficient (Wildman–Crippen LogP) is 3.25. The lowest BCUT2D eigenvalue weighted by atomic mass is 10.1. The van der Waals surface area contributed by atoms with E-state index in [4.69, 9.17) is 0 Å². The molecule has 8 heteroatoms. The summed E-state index contributed by atoms with van der Waals surface area (Å²) < 4.78 is 38.6. The Bertz CT molecular complexity index is 1190. The van der Waals surface area contributed by atoms with E-state index in [0.29, 0.717) is 23.4 Å². The molecule has 0 spiro atoms. The van der Waals surface area contributed by atoms with Gasteiger partial charge in [-0.3, -0.25) is 4.79 Å². The van der Waals surface area contributed by atoms with Crippen molar-refractivity contribution in [3.63, 3.8) is 0 Å². The van der Waals surface area contributed by atoms with E-state index in [1.807, 2.05) is 31.2 Å². The molecular weight excluding hydrogens is 405 g/mol. The Morgan fingerprint density at radius 1 is 1.13 bits per heavy atom. The number of nitrogens with zero attached hydrogens (tertiary/aromatic N) is 3. The molecule has 1 unspecified atom stereocenters. The van der Waals surface area contributed by atoms with Crippen LogP contribution in [0, 0.1) is 12.7 Å². The second-order valence-corrected chi connectivity index (χ2v) is 9.88. The molecule has 0 bridgehead atoms. The Kier molecular flexibility index (Phi) is 5.19. The van der Waals surface area contributed by atoms with Crippen molar-refractivity contribution in [1.29, 1.82) is 0 Å². The smallest absolute Gasteiger partial charge is 0.257 e. The minimum atomic E-state index is -3.12. The third kappa shape index (κ3) is 4.00. The molecule has 2 aromatic carbocycles. The van der Waals surface area contributed by atoms with Crippen molar-refractivity contribution in [1.82, 2.24) is 14.7 Å². The van der Waals surface area contributed by atoms with Gasteiger partial charge in [-0.1, -0.05) is 29.8 Å². The van der Waals surface area contributed by atoms with Gasteiger partial charge in [-0.15, -0.1) is 0 Å². The van der Waals surface area contributed by atoms with Crippen molar-refractivity contribution in [3.8, 4) is 16.9 Å². The van der Waals surface area contributed by atoms with E-state index in [1.165, 1.54) is 17.0 Å². The molecule has 4 rings (SSSR count). The van der Waals surface area contributed by atoms with Crippen LogP contribution >= 0.6 is 0 Å². The second-order valence-electron chi connectivity index (χ2n) is 7.65. The summed E-state index contributed by atoms with van der Waals surface area (Å²) in [6, 6.07) is 13.1. The number of benzene rings is 2. The molecule has 3 aromatic rings. The summed E-state index contributed by atoms with van der Waals surface area (Å²) in [5.41, 5.74) is 3.34. The van der Waals surface area contributed by atoms with Crippen LogP contribution in [0.25, 0.3) is 16.9 Å². The van der Waals surface area contributed by atoms with E-state index in [2.05, 4.69) is 5.10 Å². The number of aromatic nitrogens is 2. The van der Waals surface area contributed by atoms with Gasteiger partial charge in [0, 0.05) is 24.8 Å². The largest absolute Gasteiger partial charge is 0.338 e. The zero-order valence-corrected chi connectivity index (χ0v) is 17.6. The van der Waals surface area contributed by atoms with Crippen LogP contribution in [-0.4, -0.2) is 53.6 Å². The minimum Gasteiger partial charge on any atom is -0.338 e. The van der Waals surface area contributed by atoms with Gasteiger partial charge in [-0.2, -0.15) is 5.10 Å². The molecule has 0 saturated carbocycles. The summed E-state index contributed by atoms with van der Waals surface area (Å²) in [6.45, 7) is 1.97. The summed E-state index contributed by atoms with van der Waals surface area (Å²) in [6.07, 6.45) is 2.04. The van der Waals surface area contributed by atoms with Crippen LogP contribution in [0.4, 0.5) is 4.39 Å². The molecule has 0 radical (unpaired) electrons. The highest BCUT2D eigenvalue weighted by Crippen LogP contribution is 2.27. The number of carbonyl (C=O) groups is 1. The maximum absolute atomic E-state index is 13.3. The molecule has 0 N–H and O–H groups in total. The Labute approximate surface area is 174 Å². The second kappa shape index (κ2) is 7.68. The highest BCUT2D eigenvalue weighted by molar-refractivity contribution is 7.91. The minimum absolute atomic E-state index is 0.0266. The van der Waals surface area contributed by atoms with Crippen LogP contribution in [0.3, 0.4) is 0 Å². The monoisotopic (exact) mass is 427 g/mol. The van der Waals surface area contributed by atoms with Crippen molar-refractivity contribution in [2.75, 3.05) is 18.6 Å². The zero-order chi connectivity index (χ0) is 21.5. The molecule has 1 fully saturated rings. The summed E-state index contributed by atoms with van der Waals surface area (Å²) in [5.74, 6) is -0.583. The molecular formula is C22H22FN3O3S. The third-order valence-electron chi connectivity index (χ3n) is 5.44. The van der Waals surface area contributed by atoms with Gasteiger partial charge < -0.3 is 4.90 Å². The number of sulfone groups is 1. The maximum Gasteiger partial charge on any atom is 0.257 e. The number of aryl methyl sites for hydroxylation is 1. The van der Waals surface area contributed by atoms with Crippen molar-refractivity contribution in [3.05, 3.63) is 71.7 Å². The first-order valence-corrected chi connectivity index (χ1v) is 11.5. The quantitative estimate of drug-likeness (QED) is 0.641. The van der Waals surface area contributed by atoms with Crippen LogP contribution in [0.15, 0.2) is 54.7 Å². The standard InChI is InChI=1S/C22H22FN3O3S/c1-15-3-5-16(6-4-15)21-20(13-26(24-21)18-9-7-17(23)8-10-18)22(27)25(2)19-11-12-30(28,29)14-19/h3-10,13,19H,11-12,14H2,1-2H3. The van der Waals surface area contributed by atoms with Gasteiger partial charge in [0.25, 0.3) is 5.91 Å². The molecule has 1 amide bonds. The first-order valence-electron chi connectivity index (χ1n) is 9.64. The Balaban J connectivity index is 1.75. The maximum atomic E-state index is 13.3. The van der Waals surface area contributed by atoms with Crippen molar-refractivity contribution in [2.24, 2.45) is 0 Å². The number of rotatable bonds is 4. The molecule has 6 nitrogen and oxygen atoms in total. The van der Waals surface area contributed by atoms with Crippen LogP contribution < -0.4 is 0 Å². The molecule has 156 valence electrons. The van der Waals surface area contributed by atoms with Gasteiger partial charge in [-0.25, -0.2) is 17.5 Å². The lowest BCUT2D eigenvalue weighted by Crippen LogP contribution is -2.37. The molecule has 2 heterocycles. The molecule has 0 aliphatic carbocycles.